The minimum atomic E-state index is -0.447. The van der Waals surface area contributed by atoms with Crippen molar-refractivity contribution in [3.05, 3.63) is 0 Å². The summed E-state index contributed by atoms with van der Waals surface area (Å²) in [6.07, 6.45) is 4.56. The summed E-state index contributed by atoms with van der Waals surface area (Å²) in [6, 6.07) is 0.296. The Labute approximate surface area is 121 Å². The van der Waals surface area contributed by atoms with Crippen LogP contribution in [0.15, 0.2) is 0 Å². The maximum atomic E-state index is 11.8. The third-order valence-corrected chi connectivity index (χ3v) is 3.63. The Morgan fingerprint density at radius 3 is 2.60 bits per heavy atom. The van der Waals surface area contributed by atoms with Crippen molar-refractivity contribution >= 4 is 12.0 Å². The molecule has 0 aromatic heterocycles. The number of hydrogen-bond acceptors (Lipinski definition) is 3. The van der Waals surface area contributed by atoms with Crippen molar-refractivity contribution in [2.45, 2.75) is 58.9 Å². The van der Waals surface area contributed by atoms with Crippen molar-refractivity contribution in [1.82, 2.24) is 10.6 Å². The average molecular weight is 284 g/mol. The summed E-state index contributed by atoms with van der Waals surface area (Å²) in [5, 5.41) is 5.66. The fraction of sp³-hybridized carbons (Fsp3) is 0.867. The Kier molecular flexibility index (Phi) is 7.41. The van der Waals surface area contributed by atoms with Gasteiger partial charge in [-0.3, -0.25) is 4.79 Å². The molecule has 2 amide bonds. The van der Waals surface area contributed by atoms with Crippen molar-refractivity contribution < 1.29 is 14.3 Å². The predicted octanol–water partition coefficient (Wildman–Crippen LogP) is 2.45. The minimum absolute atomic E-state index is 0.00732. The molecule has 0 saturated heterocycles. The largest absolute Gasteiger partial charge is 0.449 e. The van der Waals surface area contributed by atoms with Crippen LogP contribution in [0.3, 0.4) is 0 Å². The molecule has 0 radical (unpaired) electrons. The fourth-order valence-electron chi connectivity index (χ4n) is 2.38. The summed E-state index contributed by atoms with van der Waals surface area (Å²) >= 11 is 0. The van der Waals surface area contributed by atoms with Gasteiger partial charge in [0.15, 0.2) is 0 Å². The first-order valence-electron chi connectivity index (χ1n) is 7.69. The predicted molar refractivity (Wildman–Crippen MR) is 78.4 cm³/mol. The van der Waals surface area contributed by atoms with Gasteiger partial charge >= 0.3 is 6.09 Å². The third-order valence-electron chi connectivity index (χ3n) is 3.63. The van der Waals surface area contributed by atoms with E-state index in [0.29, 0.717) is 37.5 Å². The average Bonchev–Trinajstić information content (AvgIpc) is 2.39. The monoisotopic (exact) mass is 284 g/mol. The topological polar surface area (TPSA) is 67.4 Å². The molecule has 1 aliphatic carbocycles. The number of hydrogen-bond donors (Lipinski definition) is 2. The van der Waals surface area contributed by atoms with E-state index in [-0.39, 0.29) is 5.91 Å². The molecule has 0 spiro atoms. The molecule has 2 N–H and O–H groups in total. The first kappa shape index (κ1) is 16.8. The van der Waals surface area contributed by atoms with Crippen molar-refractivity contribution in [2.75, 3.05) is 13.2 Å². The third kappa shape index (κ3) is 6.78. The molecular weight excluding hydrogens is 256 g/mol. The molecule has 1 saturated carbocycles. The van der Waals surface area contributed by atoms with E-state index in [1.807, 2.05) is 13.8 Å². The highest BCUT2D eigenvalue weighted by molar-refractivity contribution is 5.77. The van der Waals surface area contributed by atoms with Crippen LogP contribution in [0.2, 0.25) is 0 Å². The number of carbonyl (C=O) groups is 2. The Bertz CT molecular complexity index is 318. The number of rotatable bonds is 6. The quantitative estimate of drug-likeness (QED) is 0.787. The molecule has 0 aromatic carbocycles. The van der Waals surface area contributed by atoms with E-state index in [1.165, 1.54) is 19.3 Å². The first-order valence-corrected chi connectivity index (χ1v) is 7.69. The second kappa shape index (κ2) is 8.82. The van der Waals surface area contributed by atoms with Gasteiger partial charge in [0.2, 0.25) is 5.91 Å². The highest BCUT2D eigenvalue weighted by atomic mass is 16.5. The van der Waals surface area contributed by atoms with E-state index < -0.39 is 6.09 Å². The van der Waals surface area contributed by atoms with E-state index in [0.717, 1.165) is 6.42 Å². The maximum Gasteiger partial charge on any atom is 0.407 e. The van der Waals surface area contributed by atoms with Crippen LogP contribution in [0.1, 0.15) is 52.9 Å². The Morgan fingerprint density at radius 2 is 1.95 bits per heavy atom. The molecule has 0 heterocycles. The van der Waals surface area contributed by atoms with Gasteiger partial charge in [-0.25, -0.2) is 4.79 Å². The standard InChI is InChI=1S/C15H28N2O3/c1-11(2)10-20-15(19)16-9-8-14(18)17-13-7-5-4-6-12(13)3/h11-13H,4-10H2,1-3H3,(H,16,19)(H,17,18)/t12-,13+/m0/s1. The molecule has 0 bridgehead atoms. The molecule has 1 rings (SSSR count). The van der Waals surface area contributed by atoms with Crippen molar-refractivity contribution in [2.24, 2.45) is 11.8 Å². The van der Waals surface area contributed by atoms with Crippen molar-refractivity contribution in [1.29, 1.82) is 0 Å². The Morgan fingerprint density at radius 1 is 1.25 bits per heavy atom. The molecule has 0 unspecified atom stereocenters. The molecule has 116 valence electrons. The molecule has 1 aliphatic rings. The van der Waals surface area contributed by atoms with Crippen LogP contribution >= 0.6 is 0 Å². The summed E-state index contributed by atoms with van der Waals surface area (Å²) in [4.78, 5) is 23.1. The van der Waals surface area contributed by atoms with Gasteiger partial charge in [-0.15, -0.1) is 0 Å². The van der Waals surface area contributed by atoms with Crippen LogP contribution in [0, 0.1) is 11.8 Å². The highest BCUT2D eigenvalue weighted by Gasteiger charge is 2.22. The number of carbonyl (C=O) groups excluding carboxylic acids is 2. The second-order valence-electron chi connectivity index (χ2n) is 6.10. The van der Waals surface area contributed by atoms with E-state index >= 15 is 0 Å². The summed E-state index contributed by atoms with van der Waals surface area (Å²) in [7, 11) is 0. The molecule has 5 heteroatoms. The summed E-state index contributed by atoms with van der Waals surface area (Å²) in [5.41, 5.74) is 0. The highest BCUT2D eigenvalue weighted by Crippen LogP contribution is 2.23. The van der Waals surface area contributed by atoms with Crippen LogP contribution in [-0.2, 0) is 9.53 Å². The van der Waals surface area contributed by atoms with Crippen molar-refractivity contribution in [3.63, 3.8) is 0 Å². The molecule has 1 fully saturated rings. The zero-order chi connectivity index (χ0) is 15.0. The molecule has 20 heavy (non-hydrogen) atoms. The van der Waals surface area contributed by atoms with E-state index in [9.17, 15) is 9.59 Å². The zero-order valence-electron chi connectivity index (χ0n) is 12.9. The summed E-state index contributed by atoms with van der Waals surface area (Å²) < 4.78 is 4.97. The van der Waals surface area contributed by atoms with Crippen LogP contribution in [0.4, 0.5) is 4.79 Å². The molecular formula is C15H28N2O3. The van der Waals surface area contributed by atoms with E-state index in [2.05, 4.69) is 17.6 Å². The lowest BCUT2D eigenvalue weighted by atomic mass is 9.86. The normalized spacial score (nSPS) is 22.4. The lowest BCUT2D eigenvalue weighted by Gasteiger charge is -2.29. The summed E-state index contributed by atoms with van der Waals surface area (Å²) in [5.74, 6) is 0.876. The van der Waals surface area contributed by atoms with Gasteiger partial charge in [0, 0.05) is 19.0 Å². The molecule has 0 aromatic rings. The molecule has 5 nitrogen and oxygen atoms in total. The minimum Gasteiger partial charge on any atom is -0.449 e. The number of ether oxygens (including phenoxy) is 1. The van der Waals surface area contributed by atoms with Gasteiger partial charge in [-0.05, 0) is 24.7 Å². The van der Waals surface area contributed by atoms with Crippen LogP contribution in [0.25, 0.3) is 0 Å². The first-order chi connectivity index (χ1) is 9.49. The molecule has 0 aliphatic heterocycles. The number of nitrogens with one attached hydrogen (secondary N) is 2. The van der Waals surface area contributed by atoms with Gasteiger partial charge in [0.1, 0.15) is 0 Å². The zero-order valence-corrected chi connectivity index (χ0v) is 12.9. The Balaban J connectivity index is 2.12. The lowest BCUT2D eigenvalue weighted by molar-refractivity contribution is -0.122. The van der Waals surface area contributed by atoms with E-state index in [4.69, 9.17) is 4.74 Å². The van der Waals surface area contributed by atoms with E-state index in [1.54, 1.807) is 0 Å². The van der Waals surface area contributed by atoms with Crippen LogP contribution in [-0.4, -0.2) is 31.2 Å². The lowest BCUT2D eigenvalue weighted by Crippen LogP contribution is -2.42. The van der Waals surface area contributed by atoms with Crippen molar-refractivity contribution in [3.8, 4) is 0 Å². The Hall–Kier alpha value is -1.26. The number of amides is 2. The number of alkyl carbamates (subject to hydrolysis) is 1. The second-order valence-corrected chi connectivity index (χ2v) is 6.10. The smallest absolute Gasteiger partial charge is 0.407 e. The van der Waals surface area contributed by atoms with Crippen LogP contribution < -0.4 is 10.6 Å². The SMILES string of the molecule is CC(C)COC(=O)NCCC(=O)N[C@@H]1CCCC[C@@H]1C. The van der Waals surface area contributed by atoms with Gasteiger partial charge in [0.05, 0.1) is 6.61 Å². The fourth-order valence-corrected chi connectivity index (χ4v) is 2.38. The van der Waals surface area contributed by atoms with Gasteiger partial charge in [-0.2, -0.15) is 0 Å². The van der Waals surface area contributed by atoms with Gasteiger partial charge in [-0.1, -0.05) is 33.6 Å². The maximum absolute atomic E-state index is 11.8. The van der Waals surface area contributed by atoms with Gasteiger partial charge < -0.3 is 15.4 Å². The van der Waals surface area contributed by atoms with Crippen LogP contribution in [0.5, 0.6) is 0 Å². The summed E-state index contributed by atoms with van der Waals surface area (Å²) in [6.45, 7) is 6.87. The van der Waals surface area contributed by atoms with Gasteiger partial charge in [0.25, 0.3) is 0 Å². The molecule has 2 atom stereocenters.